The Morgan fingerprint density at radius 3 is 2.68 bits per heavy atom. The van der Waals surface area contributed by atoms with E-state index in [2.05, 4.69) is 29.1 Å². The summed E-state index contributed by atoms with van der Waals surface area (Å²) < 4.78 is 10.9. The van der Waals surface area contributed by atoms with Gasteiger partial charge >= 0.3 is 6.03 Å². The second kappa shape index (κ2) is 7.82. The van der Waals surface area contributed by atoms with E-state index in [0.717, 1.165) is 19.3 Å². The van der Waals surface area contributed by atoms with Gasteiger partial charge < -0.3 is 19.7 Å². The molecule has 0 aromatic carbocycles. The Balaban J connectivity index is 1.88. The standard InChI is InChI=1S/C15H24N4O3/c1-4-11(5-2)18-15(20)19-9-6-12(10-19)22-14-13(21-3)16-7-8-17-14/h7-8,11-12H,4-6,9-10H2,1-3H3,(H,18,20). The number of amides is 2. The lowest BCUT2D eigenvalue weighted by Gasteiger charge is -2.21. The van der Waals surface area contributed by atoms with Gasteiger partial charge in [-0.25, -0.2) is 14.8 Å². The highest BCUT2D eigenvalue weighted by Crippen LogP contribution is 2.23. The molecule has 2 heterocycles. The number of nitrogens with zero attached hydrogens (tertiary/aromatic N) is 3. The molecule has 0 spiro atoms. The van der Waals surface area contributed by atoms with Crippen LogP contribution in [0.5, 0.6) is 11.8 Å². The van der Waals surface area contributed by atoms with E-state index in [-0.39, 0.29) is 18.2 Å². The molecule has 2 rings (SSSR count). The van der Waals surface area contributed by atoms with E-state index in [4.69, 9.17) is 9.47 Å². The lowest BCUT2D eigenvalue weighted by molar-refractivity contribution is 0.175. The highest BCUT2D eigenvalue weighted by atomic mass is 16.5. The molecule has 1 N–H and O–H groups in total. The lowest BCUT2D eigenvalue weighted by Crippen LogP contribution is -2.44. The van der Waals surface area contributed by atoms with Gasteiger partial charge in [-0.15, -0.1) is 0 Å². The maximum Gasteiger partial charge on any atom is 0.317 e. The van der Waals surface area contributed by atoms with Crippen LogP contribution in [0.2, 0.25) is 0 Å². The van der Waals surface area contributed by atoms with Crippen molar-refractivity contribution in [1.82, 2.24) is 20.2 Å². The van der Waals surface area contributed by atoms with Crippen molar-refractivity contribution in [3.05, 3.63) is 12.4 Å². The summed E-state index contributed by atoms with van der Waals surface area (Å²) in [6.07, 6.45) is 5.67. The third kappa shape index (κ3) is 3.99. The molecule has 1 aromatic rings. The van der Waals surface area contributed by atoms with Crippen molar-refractivity contribution in [2.45, 2.75) is 45.3 Å². The van der Waals surface area contributed by atoms with E-state index in [1.54, 1.807) is 17.3 Å². The van der Waals surface area contributed by atoms with Gasteiger partial charge in [0.2, 0.25) is 0 Å². The number of rotatable bonds is 6. The number of carbonyl (C=O) groups is 1. The summed E-state index contributed by atoms with van der Waals surface area (Å²) in [4.78, 5) is 22.2. The minimum absolute atomic E-state index is 0.0223. The molecule has 7 nitrogen and oxygen atoms in total. The van der Waals surface area contributed by atoms with Gasteiger partial charge in [0.1, 0.15) is 6.10 Å². The summed E-state index contributed by atoms with van der Waals surface area (Å²) in [5.74, 6) is 0.736. The second-order valence-electron chi connectivity index (χ2n) is 5.31. The molecule has 7 heteroatoms. The fourth-order valence-corrected chi connectivity index (χ4v) is 2.46. The highest BCUT2D eigenvalue weighted by molar-refractivity contribution is 5.74. The summed E-state index contributed by atoms with van der Waals surface area (Å²) >= 11 is 0. The van der Waals surface area contributed by atoms with Crippen LogP contribution in [0.25, 0.3) is 0 Å². The number of ether oxygens (including phenoxy) is 2. The van der Waals surface area contributed by atoms with Gasteiger partial charge in [0.15, 0.2) is 0 Å². The van der Waals surface area contributed by atoms with E-state index < -0.39 is 0 Å². The largest absolute Gasteiger partial charge is 0.477 e. The van der Waals surface area contributed by atoms with Crippen molar-refractivity contribution < 1.29 is 14.3 Å². The third-order valence-electron chi connectivity index (χ3n) is 3.85. The van der Waals surface area contributed by atoms with Crippen molar-refractivity contribution in [2.24, 2.45) is 0 Å². The molecule has 0 saturated carbocycles. The zero-order valence-electron chi connectivity index (χ0n) is 13.4. The molecular formula is C15H24N4O3. The van der Waals surface area contributed by atoms with Crippen LogP contribution in [0.4, 0.5) is 4.79 Å². The van der Waals surface area contributed by atoms with Gasteiger partial charge in [-0.3, -0.25) is 0 Å². The molecule has 0 bridgehead atoms. The number of urea groups is 1. The Labute approximate surface area is 131 Å². The van der Waals surface area contributed by atoms with Crippen molar-refractivity contribution in [3.63, 3.8) is 0 Å². The monoisotopic (exact) mass is 308 g/mol. The summed E-state index contributed by atoms with van der Waals surface area (Å²) in [6, 6.07) is 0.207. The number of likely N-dealkylation sites (tertiary alicyclic amines) is 1. The number of carbonyl (C=O) groups excluding carboxylic acids is 1. The number of methoxy groups -OCH3 is 1. The van der Waals surface area contributed by atoms with Gasteiger partial charge in [0, 0.05) is 31.4 Å². The minimum atomic E-state index is -0.0851. The van der Waals surface area contributed by atoms with Crippen LogP contribution < -0.4 is 14.8 Å². The van der Waals surface area contributed by atoms with Crippen LogP contribution >= 0.6 is 0 Å². The first-order valence-electron chi connectivity index (χ1n) is 7.75. The first-order valence-corrected chi connectivity index (χ1v) is 7.75. The Kier molecular flexibility index (Phi) is 5.80. The second-order valence-corrected chi connectivity index (χ2v) is 5.31. The fourth-order valence-electron chi connectivity index (χ4n) is 2.46. The number of hydrogen-bond donors (Lipinski definition) is 1. The van der Waals surface area contributed by atoms with Crippen LogP contribution in [-0.2, 0) is 0 Å². The number of aromatic nitrogens is 2. The molecule has 1 atom stereocenters. The molecule has 1 unspecified atom stereocenters. The lowest BCUT2D eigenvalue weighted by atomic mass is 10.2. The van der Waals surface area contributed by atoms with Crippen molar-refractivity contribution in [3.8, 4) is 11.8 Å². The van der Waals surface area contributed by atoms with Gasteiger partial charge in [0.25, 0.3) is 11.8 Å². The summed E-state index contributed by atoms with van der Waals surface area (Å²) in [5, 5.41) is 3.04. The van der Waals surface area contributed by atoms with Crippen LogP contribution in [0, 0.1) is 0 Å². The number of hydrogen-bond acceptors (Lipinski definition) is 5. The maximum absolute atomic E-state index is 12.2. The van der Waals surface area contributed by atoms with E-state index in [9.17, 15) is 4.79 Å². The molecule has 0 radical (unpaired) electrons. The molecule has 1 saturated heterocycles. The van der Waals surface area contributed by atoms with E-state index in [1.807, 2.05) is 0 Å². The Hall–Kier alpha value is -2.05. The molecule has 1 aliphatic rings. The molecule has 2 amide bonds. The maximum atomic E-state index is 12.2. The quantitative estimate of drug-likeness (QED) is 0.867. The molecule has 1 fully saturated rings. The minimum Gasteiger partial charge on any atom is -0.477 e. The molecule has 0 aliphatic carbocycles. The fraction of sp³-hybridized carbons (Fsp3) is 0.667. The van der Waals surface area contributed by atoms with Crippen LogP contribution in [0.3, 0.4) is 0 Å². The first-order chi connectivity index (χ1) is 10.7. The summed E-state index contributed by atoms with van der Waals surface area (Å²) in [7, 11) is 1.53. The SMILES string of the molecule is CCC(CC)NC(=O)N1CCC(Oc2nccnc2OC)C1. The summed E-state index contributed by atoms with van der Waals surface area (Å²) in [6.45, 7) is 5.38. The topological polar surface area (TPSA) is 76.6 Å². The highest BCUT2D eigenvalue weighted by Gasteiger charge is 2.29. The Morgan fingerprint density at radius 2 is 2.05 bits per heavy atom. The van der Waals surface area contributed by atoms with Crippen LogP contribution in [0.1, 0.15) is 33.1 Å². The van der Waals surface area contributed by atoms with Gasteiger partial charge in [-0.05, 0) is 12.8 Å². The van der Waals surface area contributed by atoms with Crippen molar-refractivity contribution >= 4 is 6.03 Å². The Bertz CT molecular complexity index is 493. The average Bonchev–Trinajstić information content (AvgIpc) is 3.01. The zero-order chi connectivity index (χ0) is 15.9. The van der Waals surface area contributed by atoms with Gasteiger partial charge in [-0.1, -0.05) is 13.8 Å². The van der Waals surface area contributed by atoms with E-state index >= 15 is 0 Å². The smallest absolute Gasteiger partial charge is 0.317 e. The molecular weight excluding hydrogens is 284 g/mol. The van der Waals surface area contributed by atoms with Crippen molar-refractivity contribution in [1.29, 1.82) is 0 Å². The van der Waals surface area contributed by atoms with Crippen molar-refractivity contribution in [2.75, 3.05) is 20.2 Å². The predicted octanol–water partition coefficient (Wildman–Crippen LogP) is 1.84. The van der Waals surface area contributed by atoms with E-state index in [1.165, 1.54) is 7.11 Å². The molecule has 1 aromatic heterocycles. The zero-order valence-corrected chi connectivity index (χ0v) is 13.4. The van der Waals surface area contributed by atoms with Gasteiger partial charge in [-0.2, -0.15) is 0 Å². The molecule has 22 heavy (non-hydrogen) atoms. The predicted molar refractivity (Wildman–Crippen MR) is 82.1 cm³/mol. The summed E-state index contributed by atoms with van der Waals surface area (Å²) in [5.41, 5.74) is 0. The van der Waals surface area contributed by atoms with Crippen LogP contribution in [-0.4, -0.2) is 53.2 Å². The van der Waals surface area contributed by atoms with Crippen LogP contribution in [0.15, 0.2) is 12.4 Å². The van der Waals surface area contributed by atoms with Gasteiger partial charge in [0.05, 0.1) is 13.7 Å². The first kappa shape index (κ1) is 16.3. The Morgan fingerprint density at radius 1 is 1.36 bits per heavy atom. The molecule has 122 valence electrons. The third-order valence-corrected chi connectivity index (χ3v) is 3.85. The molecule has 1 aliphatic heterocycles. The van der Waals surface area contributed by atoms with E-state index in [0.29, 0.717) is 24.8 Å². The number of nitrogens with one attached hydrogen (secondary N) is 1. The normalized spacial score (nSPS) is 17.6. The average molecular weight is 308 g/mol.